The number of hydrogen-bond acceptors (Lipinski definition) is 4. The van der Waals surface area contributed by atoms with E-state index in [4.69, 9.17) is 11.5 Å². The van der Waals surface area contributed by atoms with Crippen LogP contribution in [0.2, 0.25) is 0 Å². The lowest BCUT2D eigenvalue weighted by atomic mass is 10.1. The van der Waals surface area contributed by atoms with Gasteiger partial charge in [-0.2, -0.15) is 0 Å². The first-order chi connectivity index (χ1) is 8.11. The molecule has 1 heterocycles. The van der Waals surface area contributed by atoms with Crippen molar-refractivity contribution in [2.45, 2.75) is 0 Å². The van der Waals surface area contributed by atoms with Crippen LogP contribution in [-0.4, -0.2) is 38.1 Å². The summed E-state index contributed by atoms with van der Waals surface area (Å²) in [7, 11) is 2.14. The van der Waals surface area contributed by atoms with Gasteiger partial charge in [0, 0.05) is 31.9 Å². The minimum Gasteiger partial charge on any atom is -0.398 e. The van der Waals surface area contributed by atoms with E-state index in [0.29, 0.717) is 5.69 Å². The summed E-state index contributed by atoms with van der Waals surface area (Å²) in [4.78, 5) is 4.63. The molecule has 1 aliphatic rings. The molecule has 4 nitrogen and oxygen atoms in total. The smallest absolute Gasteiger partial charge is 0.0608 e. The fourth-order valence-corrected chi connectivity index (χ4v) is 2.14. The Hall–Kier alpha value is -1.68. The number of nitrogens with two attached hydrogens (primary N) is 2. The van der Waals surface area contributed by atoms with Gasteiger partial charge in [-0.1, -0.05) is 12.7 Å². The minimum absolute atomic E-state index is 0.690. The van der Waals surface area contributed by atoms with Crippen LogP contribution in [0.15, 0.2) is 18.7 Å². The first-order valence-corrected chi connectivity index (χ1v) is 5.86. The molecule has 17 heavy (non-hydrogen) atoms. The van der Waals surface area contributed by atoms with Crippen molar-refractivity contribution in [3.8, 4) is 0 Å². The summed E-state index contributed by atoms with van der Waals surface area (Å²) < 4.78 is 0. The number of nitrogen functional groups attached to an aromatic ring is 2. The Morgan fingerprint density at radius 2 is 1.76 bits per heavy atom. The third-order valence-electron chi connectivity index (χ3n) is 3.30. The topological polar surface area (TPSA) is 58.5 Å². The highest BCUT2D eigenvalue weighted by atomic mass is 15.2. The summed E-state index contributed by atoms with van der Waals surface area (Å²) in [5.41, 5.74) is 15.4. The van der Waals surface area contributed by atoms with Gasteiger partial charge in [-0.15, -0.1) is 0 Å². The van der Waals surface area contributed by atoms with Crippen molar-refractivity contribution >= 4 is 23.1 Å². The fraction of sp³-hybridized carbons (Fsp3) is 0.385. The lowest BCUT2D eigenvalue weighted by Crippen LogP contribution is -2.44. The van der Waals surface area contributed by atoms with Crippen molar-refractivity contribution in [2.75, 3.05) is 49.6 Å². The van der Waals surface area contributed by atoms with Crippen LogP contribution in [0.1, 0.15) is 5.56 Å². The summed E-state index contributed by atoms with van der Waals surface area (Å²) in [6.07, 6.45) is 1.77. The van der Waals surface area contributed by atoms with Crippen LogP contribution in [-0.2, 0) is 0 Å². The first-order valence-electron chi connectivity index (χ1n) is 5.86. The van der Waals surface area contributed by atoms with Crippen molar-refractivity contribution in [3.05, 3.63) is 24.3 Å². The number of nitrogens with zero attached hydrogens (tertiary/aromatic N) is 2. The summed E-state index contributed by atoms with van der Waals surface area (Å²) in [6.45, 7) is 7.90. The summed E-state index contributed by atoms with van der Waals surface area (Å²) in [5, 5.41) is 0. The van der Waals surface area contributed by atoms with Gasteiger partial charge in [-0.25, -0.2) is 0 Å². The molecule has 0 aliphatic carbocycles. The van der Waals surface area contributed by atoms with E-state index in [0.717, 1.165) is 43.1 Å². The first kappa shape index (κ1) is 11.8. The summed E-state index contributed by atoms with van der Waals surface area (Å²) >= 11 is 0. The Balaban J connectivity index is 2.28. The SMILES string of the molecule is C=Cc1cc(N2CCN(C)CC2)c(N)cc1N. The van der Waals surface area contributed by atoms with Gasteiger partial charge in [0.1, 0.15) is 0 Å². The Labute approximate surface area is 102 Å². The van der Waals surface area contributed by atoms with Crippen LogP contribution >= 0.6 is 0 Å². The molecule has 0 aromatic heterocycles. The molecule has 1 aliphatic heterocycles. The number of anilines is 3. The van der Waals surface area contributed by atoms with Gasteiger partial charge in [0.2, 0.25) is 0 Å². The van der Waals surface area contributed by atoms with Crippen LogP contribution in [0.5, 0.6) is 0 Å². The molecule has 92 valence electrons. The molecule has 0 unspecified atom stereocenters. The average molecular weight is 232 g/mol. The molecule has 0 saturated carbocycles. The molecule has 1 fully saturated rings. The normalized spacial score (nSPS) is 17.1. The molecule has 1 saturated heterocycles. The lowest BCUT2D eigenvalue weighted by molar-refractivity contribution is 0.313. The summed E-state index contributed by atoms with van der Waals surface area (Å²) in [5.74, 6) is 0. The van der Waals surface area contributed by atoms with E-state index in [-0.39, 0.29) is 0 Å². The Kier molecular flexibility index (Phi) is 3.24. The quantitative estimate of drug-likeness (QED) is 0.753. The second kappa shape index (κ2) is 4.67. The summed E-state index contributed by atoms with van der Waals surface area (Å²) in [6, 6.07) is 3.85. The molecular formula is C13H20N4. The highest BCUT2D eigenvalue weighted by molar-refractivity contribution is 5.79. The third kappa shape index (κ3) is 2.36. The maximum atomic E-state index is 6.04. The van der Waals surface area contributed by atoms with Gasteiger partial charge in [-0.3, -0.25) is 0 Å². The number of likely N-dealkylation sites (N-methyl/N-ethyl adjacent to an activating group) is 1. The molecule has 1 aromatic rings. The predicted octanol–water partition coefficient (Wildman–Crippen LogP) is 1.25. The number of rotatable bonds is 2. The maximum Gasteiger partial charge on any atom is 0.0608 e. The molecular weight excluding hydrogens is 212 g/mol. The van der Waals surface area contributed by atoms with Gasteiger partial charge in [0.25, 0.3) is 0 Å². The van der Waals surface area contributed by atoms with Crippen LogP contribution in [0.25, 0.3) is 6.08 Å². The molecule has 1 aromatic carbocycles. The molecule has 0 spiro atoms. The second-order valence-electron chi connectivity index (χ2n) is 4.53. The van der Waals surface area contributed by atoms with E-state index in [9.17, 15) is 0 Å². The van der Waals surface area contributed by atoms with Crippen LogP contribution in [0.3, 0.4) is 0 Å². The van der Waals surface area contributed by atoms with E-state index in [1.807, 2.05) is 12.1 Å². The van der Waals surface area contributed by atoms with Gasteiger partial charge in [-0.05, 0) is 24.7 Å². The van der Waals surface area contributed by atoms with E-state index in [2.05, 4.69) is 23.4 Å². The van der Waals surface area contributed by atoms with E-state index in [1.54, 1.807) is 6.08 Å². The van der Waals surface area contributed by atoms with Crippen molar-refractivity contribution in [1.82, 2.24) is 4.90 Å². The van der Waals surface area contributed by atoms with Gasteiger partial charge in [0.05, 0.1) is 11.4 Å². The highest BCUT2D eigenvalue weighted by Gasteiger charge is 2.17. The van der Waals surface area contributed by atoms with E-state index >= 15 is 0 Å². The second-order valence-corrected chi connectivity index (χ2v) is 4.53. The molecule has 4 heteroatoms. The number of piperazine rings is 1. The zero-order valence-corrected chi connectivity index (χ0v) is 10.3. The molecule has 0 amide bonds. The Bertz CT molecular complexity index is 420. The predicted molar refractivity (Wildman–Crippen MR) is 75.1 cm³/mol. The zero-order valence-electron chi connectivity index (χ0n) is 10.3. The monoisotopic (exact) mass is 232 g/mol. The molecule has 2 rings (SSSR count). The van der Waals surface area contributed by atoms with E-state index in [1.165, 1.54) is 0 Å². The average Bonchev–Trinajstić information content (AvgIpc) is 2.31. The van der Waals surface area contributed by atoms with Crippen LogP contribution in [0, 0.1) is 0 Å². The van der Waals surface area contributed by atoms with Crippen molar-refractivity contribution in [2.24, 2.45) is 0 Å². The van der Waals surface area contributed by atoms with Crippen molar-refractivity contribution in [1.29, 1.82) is 0 Å². The van der Waals surface area contributed by atoms with Crippen LogP contribution < -0.4 is 16.4 Å². The fourth-order valence-electron chi connectivity index (χ4n) is 2.14. The van der Waals surface area contributed by atoms with Crippen LogP contribution in [0.4, 0.5) is 17.1 Å². The standard InChI is InChI=1S/C13H20N4/c1-3-10-8-13(12(15)9-11(10)14)17-6-4-16(2)5-7-17/h3,8-9H,1,4-7,14-15H2,2H3. The van der Waals surface area contributed by atoms with Gasteiger partial charge >= 0.3 is 0 Å². The lowest BCUT2D eigenvalue weighted by Gasteiger charge is -2.35. The Morgan fingerprint density at radius 1 is 1.12 bits per heavy atom. The van der Waals surface area contributed by atoms with E-state index < -0.39 is 0 Å². The molecule has 0 radical (unpaired) electrons. The molecule has 0 atom stereocenters. The van der Waals surface area contributed by atoms with Gasteiger partial charge in [0.15, 0.2) is 0 Å². The van der Waals surface area contributed by atoms with Crippen molar-refractivity contribution < 1.29 is 0 Å². The molecule has 4 N–H and O–H groups in total. The largest absolute Gasteiger partial charge is 0.398 e. The highest BCUT2D eigenvalue weighted by Crippen LogP contribution is 2.30. The zero-order chi connectivity index (χ0) is 12.4. The third-order valence-corrected chi connectivity index (χ3v) is 3.30. The Morgan fingerprint density at radius 3 is 2.35 bits per heavy atom. The minimum atomic E-state index is 0.690. The van der Waals surface area contributed by atoms with Crippen molar-refractivity contribution in [3.63, 3.8) is 0 Å². The molecule has 0 bridgehead atoms. The van der Waals surface area contributed by atoms with Gasteiger partial charge < -0.3 is 21.3 Å². The number of benzene rings is 1. The number of hydrogen-bond donors (Lipinski definition) is 2. The maximum absolute atomic E-state index is 6.04.